The number of amides is 2. The highest BCUT2D eigenvalue weighted by Crippen LogP contribution is 2.31. The van der Waals surface area contributed by atoms with Crippen LogP contribution in [0.2, 0.25) is 0 Å². The van der Waals surface area contributed by atoms with E-state index in [2.05, 4.69) is 23.6 Å². The molecule has 24 heavy (non-hydrogen) atoms. The Morgan fingerprint density at radius 3 is 2.67 bits per heavy atom. The van der Waals surface area contributed by atoms with E-state index in [0.29, 0.717) is 5.69 Å². The van der Waals surface area contributed by atoms with E-state index in [9.17, 15) is 9.59 Å². The number of nitrogens with one attached hydrogen (secondary N) is 2. The molecule has 2 N–H and O–H groups in total. The third-order valence-electron chi connectivity index (χ3n) is 4.10. The normalized spacial score (nSPS) is 15.8. The molecule has 3 rings (SSSR count). The molecule has 0 saturated carbocycles. The number of nitrogens with zero attached hydrogens (tertiary/aromatic N) is 1. The Hall–Kier alpha value is -2.82. The van der Waals surface area contributed by atoms with Crippen LogP contribution >= 0.6 is 0 Å². The molecule has 5 nitrogen and oxygen atoms in total. The highest BCUT2D eigenvalue weighted by Gasteiger charge is 2.30. The average Bonchev–Trinajstić information content (AvgIpc) is 2.88. The van der Waals surface area contributed by atoms with E-state index < -0.39 is 0 Å². The number of carbonyl (C=O) groups excluding carboxylic acids is 2. The fourth-order valence-corrected chi connectivity index (χ4v) is 3.12. The molecule has 2 aromatic carbocycles. The monoisotopic (exact) mass is 323 g/mol. The van der Waals surface area contributed by atoms with E-state index in [4.69, 9.17) is 0 Å². The molecule has 0 bridgehead atoms. The summed E-state index contributed by atoms with van der Waals surface area (Å²) >= 11 is 0. The number of anilines is 3. The van der Waals surface area contributed by atoms with Crippen LogP contribution in [0, 0.1) is 0 Å². The Kier molecular flexibility index (Phi) is 4.51. The number of para-hydroxylation sites is 1. The predicted molar refractivity (Wildman–Crippen MR) is 96.3 cm³/mol. The zero-order chi connectivity index (χ0) is 17.1. The summed E-state index contributed by atoms with van der Waals surface area (Å²) in [5, 5.41) is 5.88. The second kappa shape index (κ2) is 6.74. The maximum absolute atomic E-state index is 12.6. The molecular formula is C19H21N3O2. The van der Waals surface area contributed by atoms with Crippen LogP contribution in [-0.4, -0.2) is 24.4 Å². The molecule has 1 atom stereocenters. The number of hydrogen-bond donors (Lipinski definition) is 2. The van der Waals surface area contributed by atoms with Crippen molar-refractivity contribution < 1.29 is 9.59 Å². The van der Waals surface area contributed by atoms with Crippen LogP contribution in [-0.2, 0) is 16.0 Å². The standard InChI is InChI=1S/C19H21N3O2/c1-13-10-15-6-3-4-9-18(15)22(13)19(24)12-20-16-7-5-8-17(11-16)21-14(2)23/h3-9,11,13,20H,10,12H2,1-2H3,(H,21,23). The molecule has 1 unspecified atom stereocenters. The molecule has 1 heterocycles. The molecule has 2 aromatic rings. The molecule has 2 amide bonds. The van der Waals surface area contributed by atoms with Crippen LogP contribution in [0.25, 0.3) is 0 Å². The minimum atomic E-state index is -0.120. The van der Waals surface area contributed by atoms with Gasteiger partial charge in [0, 0.05) is 30.0 Å². The zero-order valence-electron chi connectivity index (χ0n) is 13.9. The first-order valence-corrected chi connectivity index (χ1v) is 8.06. The molecule has 0 aromatic heterocycles. The summed E-state index contributed by atoms with van der Waals surface area (Å²) in [6, 6.07) is 15.5. The first kappa shape index (κ1) is 16.1. The van der Waals surface area contributed by atoms with Crippen molar-refractivity contribution in [2.75, 3.05) is 22.1 Å². The van der Waals surface area contributed by atoms with Crippen LogP contribution < -0.4 is 15.5 Å². The Morgan fingerprint density at radius 2 is 1.88 bits per heavy atom. The Balaban J connectivity index is 1.67. The average molecular weight is 323 g/mol. The second-order valence-electron chi connectivity index (χ2n) is 6.06. The molecule has 0 aliphatic carbocycles. The maximum Gasteiger partial charge on any atom is 0.246 e. The van der Waals surface area contributed by atoms with Gasteiger partial charge in [-0.1, -0.05) is 24.3 Å². The number of rotatable bonds is 4. The fraction of sp³-hybridized carbons (Fsp3) is 0.263. The van der Waals surface area contributed by atoms with Gasteiger partial charge in [-0.15, -0.1) is 0 Å². The second-order valence-corrected chi connectivity index (χ2v) is 6.06. The van der Waals surface area contributed by atoms with Crippen LogP contribution in [0.15, 0.2) is 48.5 Å². The van der Waals surface area contributed by atoms with E-state index in [1.807, 2.05) is 47.4 Å². The van der Waals surface area contributed by atoms with E-state index >= 15 is 0 Å². The number of carbonyl (C=O) groups is 2. The van der Waals surface area contributed by atoms with Gasteiger partial charge in [-0.3, -0.25) is 9.59 Å². The summed E-state index contributed by atoms with van der Waals surface area (Å²) < 4.78 is 0. The highest BCUT2D eigenvalue weighted by molar-refractivity contribution is 5.98. The molecule has 0 fully saturated rings. The molecule has 0 saturated heterocycles. The van der Waals surface area contributed by atoms with E-state index in [1.54, 1.807) is 0 Å². The van der Waals surface area contributed by atoms with Crippen molar-refractivity contribution in [1.82, 2.24) is 0 Å². The Bertz CT molecular complexity index is 773. The topological polar surface area (TPSA) is 61.4 Å². The van der Waals surface area contributed by atoms with E-state index in [0.717, 1.165) is 17.8 Å². The SMILES string of the molecule is CC(=O)Nc1cccc(NCC(=O)N2c3ccccc3CC2C)c1. The smallest absolute Gasteiger partial charge is 0.246 e. The molecular weight excluding hydrogens is 302 g/mol. The summed E-state index contributed by atoms with van der Waals surface area (Å²) in [4.78, 5) is 25.6. The first-order valence-electron chi connectivity index (χ1n) is 8.06. The van der Waals surface area contributed by atoms with Crippen LogP contribution in [0.3, 0.4) is 0 Å². The lowest BCUT2D eigenvalue weighted by Crippen LogP contribution is -2.39. The third-order valence-corrected chi connectivity index (χ3v) is 4.10. The summed E-state index contributed by atoms with van der Waals surface area (Å²) in [5.41, 5.74) is 3.73. The van der Waals surface area contributed by atoms with Gasteiger partial charge in [0.1, 0.15) is 0 Å². The summed E-state index contributed by atoms with van der Waals surface area (Å²) in [5.74, 6) is -0.0805. The van der Waals surface area contributed by atoms with Crippen molar-refractivity contribution >= 4 is 28.9 Å². The van der Waals surface area contributed by atoms with Gasteiger partial charge in [0.15, 0.2) is 0 Å². The minimum absolute atomic E-state index is 0.0392. The molecule has 1 aliphatic heterocycles. The van der Waals surface area contributed by atoms with Gasteiger partial charge in [0.05, 0.1) is 6.54 Å². The zero-order valence-corrected chi connectivity index (χ0v) is 13.9. The van der Waals surface area contributed by atoms with Crippen LogP contribution in [0.1, 0.15) is 19.4 Å². The van der Waals surface area contributed by atoms with Crippen molar-refractivity contribution in [3.05, 3.63) is 54.1 Å². The Morgan fingerprint density at radius 1 is 1.12 bits per heavy atom. The van der Waals surface area contributed by atoms with Gasteiger partial charge in [-0.05, 0) is 43.2 Å². The van der Waals surface area contributed by atoms with Crippen molar-refractivity contribution in [3.63, 3.8) is 0 Å². The molecule has 0 radical (unpaired) electrons. The highest BCUT2D eigenvalue weighted by atomic mass is 16.2. The van der Waals surface area contributed by atoms with Gasteiger partial charge >= 0.3 is 0 Å². The van der Waals surface area contributed by atoms with E-state index in [-0.39, 0.29) is 24.4 Å². The maximum atomic E-state index is 12.6. The third kappa shape index (κ3) is 3.40. The number of fused-ring (bicyclic) bond motifs is 1. The molecule has 1 aliphatic rings. The van der Waals surface area contributed by atoms with Crippen LogP contribution in [0.5, 0.6) is 0 Å². The van der Waals surface area contributed by atoms with Crippen LogP contribution in [0.4, 0.5) is 17.1 Å². The molecule has 5 heteroatoms. The number of hydrogen-bond acceptors (Lipinski definition) is 3. The van der Waals surface area contributed by atoms with Crippen molar-refractivity contribution in [2.24, 2.45) is 0 Å². The molecule has 0 spiro atoms. The van der Waals surface area contributed by atoms with Crippen molar-refractivity contribution in [1.29, 1.82) is 0 Å². The number of benzene rings is 2. The van der Waals surface area contributed by atoms with Gasteiger partial charge in [-0.25, -0.2) is 0 Å². The Labute approximate surface area is 141 Å². The lowest BCUT2D eigenvalue weighted by Gasteiger charge is -2.23. The minimum Gasteiger partial charge on any atom is -0.376 e. The molecule has 124 valence electrons. The summed E-state index contributed by atoms with van der Waals surface area (Å²) in [6.45, 7) is 3.74. The van der Waals surface area contributed by atoms with Gasteiger partial charge in [-0.2, -0.15) is 0 Å². The van der Waals surface area contributed by atoms with E-state index in [1.165, 1.54) is 12.5 Å². The van der Waals surface area contributed by atoms with Gasteiger partial charge < -0.3 is 15.5 Å². The lowest BCUT2D eigenvalue weighted by atomic mass is 10.1. The largest absolute Gasteiger partial charge is 0.376 e. The fourth-order valence-electron chi connectivity index (χ4n) is 3.12. The summed E-state index contributed by atoms with van der Waals surface area (Å²) in [6.07, 6.45) is 0.889. The predicted octanol–water partition coefficient (Wildman–Crippen LogP) is 3.03. The van der Waals surface area contributed by atoms with Gasteiger partial charge in [0.25, 0.3) is 0 Å². The summed E-state index contributed by atoms with van der Waals surface area (Å²) in [7, 11) is 0. The van der Waals surface area contributed by atoms with Gasteiger partial charge in [0.2, 0.25) is 11.8 Å². The van der Waals surface area contributed by atoms with Crippen molar-refractivity contribution in [2.45, 2.75) is 26.3 Å². The first-order chi connectivity index (χ1) is 11.5. The quantitative estimate of drug-likeness (QED) is 0.909. The lowest BCUT2D eigenvalue weighted by molar-refractivity contribution is -0.117. The van der Waals surface area contributed by atoms with Crippen molar-refractivity contribution in [3.8, 4) is 0 Å².